The molecule has 0 saturated carbocycles. The van der Waals surface area contributed by atoms with Crippen LogP contribution in [0, 0.1) is 0 Å². The van der Waals surface area contributed by atoms with Crippen LogP contribution in [0.15, 0.2) is 0 Å². The van der Waals surface area contributed by atoms with Gasteiger partial charge < -0.3 is 15.5 Å². The fourth-order valence-electron chi connectivity index (χ4n) is 0. The van der Waals surface area contributed by atoms with Crippen molar-refractivity contribution >= 4 is 11.9 Å². The van der Waals surface area contributed by atoms with Crippen LogP contribution in [0.2, 0.25) is 0 Å². The smallest absolute Gasteiger partial charge is 0.475 e. The topological polar surface area (TPSA) is 86.6 Å². The van der Waals surface area contributed by atoms with Gasteiger partial charge in [-0.25, -0.2) is 9.59 Å². The van der Waals surface area contributed by atoms with Crippen LogP contribution in [0.5, 0.6) is 0 Å². The van der Waals surface area contributed by atoms with E-state index in [1.807, 2.05) is 14.1 Å². The van der Waals surface area contributed by atoms with Gasteiger partial charge in [-0.3, -0.25) is 0 Å². The van der Waals surface area contributed by atoms with Crippen LogP contribution in [-0.4, -0.2) is 48.6 Å². The lowest BCUT2D eigenvalue weighted by molar-refractivity contribution is -0.193. The summed E-state index contributed by atoms with van der Waals surface area (Å²) in [6.45, 7) is 0. The van der Waals surface area contributed by atoms with Crippen LogP contribution in [0.3, 0.4) is 0 Å². The second kappa shape index (κ2) is 8.61. The molecule has 11 heteroatoms. The predicted molar refractivity (Wildman–Crippen MR) is 42.4 cm³/mol. The van der Waals surface area contributed by atoms with E-state index in [0.717, 1.165) is 0 Å². The standard InChI is InChI=1S/2C2HF3O2.C2H7N/c2*3-2(4,5)1(6)7;1-3-2/h2*(H,6,7);3H,1-2H3. The average molecular weight is 273 g/mol. The third-order valence-electron chi connectivity index (χ3n) is 0.485. The number of halogens is 6. The second-order valence-electron chi connectivity index (χ2n) is 2.11. The number of carbonyl (C=O) groups is 2. The minimum Gasteiger partial charge on any atom is -0.475 e. The van der Waals surface area contributed by atoms with Gasteiger partial charge in [-0.1, -0.05) is 0 Å². The van der Waals surface area contributed by atoms with Gasteiger partial charge >= 0.3 is 24.3 Å². The molecule has 0 aliphatic carbocycles. The molecule has 0 fully saturated rings. The zero-order valence-corrected chi connectivity index (χ0v) is 8.48. The molecule has 0 aromatic heterocycles. The lowest BCUT2D eigenvalue weighted by atomic mass is 10.7. The average Bonchev–Trinajstić information content (AvgIpc) is 2.02. The van der Waals surface area contributed by atoms with Crippen LogP contribution >= 0.6 is 0 Å². The van der Waals surface area contributed by atoms with E-state index in [1.165, 1.54) is 0 Å². The number of alkyl halides is 6. The summed E-state index contributed by atoms with van der Waals surface area (Å²) in [6.07, 6.45) is -10.2. The van der Waals surface area contributed by atoms with Crippen LogP contribution in [0.1, 0.15) is 0 Å². The molecule has 0 unspecified atom stereocenters. The number of hydrogen-bond acceptors (Lipinski definition) is 3. The summed E-state index contributed by atoms with van der Waals surface area (Å²) >= 11 is 0. The Labute approximate surface area is 91.0 Å². The van der Waals surface area contributed by atoms with E-state index in [2.05, 4.69) is 5.32 Å². The fourth-order valence-corrected chi connectivity index (χ4v) is 0. The highest BCUT2D eigenvalue weighted by Crippen LogP contribution is 2.13. The Kier molecular flexibility index (Phi) is 10.6. The minimum atomic E-state index is -5.08. The summed E-state index contributed by atoms with van der Waals surface area (Å²) in [5.41, 5.74) is 0. The van der Waals surface area contributed by atoms with E-state index < -0.39 is 24.3 Å². The molecule has 0 atom stereocenters. The molecule has 5 nitrogen and oxygen atoms in total. The first-order chi connectivity index (χ1) is 7.30. The Morgan fingerprint density at radius 1 is 0.824 bits per heavy atom. The van der Waals surface area contributed by atoms with Crippen LogP contribution in [0.25, 0.3) is 0 Å². The van der Waals surface area contributed by atoms with Crippen molar-refractivity contribution < 1.29 is 46.1 Å². The van der Waals surface area contributed by atoms with Crippen molar-refractivity contribution in [2.24, 2.45) is 0 Å². The molecular formula is C6H9F6NO4. The molecule has 0 bridgehead atoms. The van der Waals surface area contributed by atoms with Crippen molar-refractivity contribution in [2.45, 2.75) is 12.4 Å². The lowest BCUT2D eigenvalue weighted by Crippen LogP contribution is -2.21. The molecule has 0 rings (SSSR count). The van der Waals surface area contributed by atoms with Gasteiger partial charge in [-0.2, -0.15) is 26.3 Å². The van der Waals surface area contributed by atoms with Gasteiger partial charge in [-0.05, 0) is 14.1 Å². The molecule has 0 aromatic rings. The molecule has 0 amide bonds. The third kappa shape index (κ3) is 20.5. The van der Waals surface area contributed by atoms with E-state index in [4.69, 9.17) is 19.8 Å². The Balaban J connectivity index is -0.000000188. The van der Waals surface area contributed by atoms with Crippen LogP contribution in [-0.2, 0) is 9.59 Å². The molecule has 3 N–H and O–H groups in total. The Morgan fingerprint density at radius 2 is 0.882 bits per heavy atom. The van der Waals surface area contributed by atoms with Gasteiger partial charge in [0, 0.05) is 0 Å². The highest BCUT2D eigenvalue weighted by Gasteiger charge is 2.38. The van der Waals surface area contributed by atoms with Gasteiger partial charge in [0.1, 0.15) is 0 Å². The molecule has 0 aliphatic heterocycles. The number of carboxylic acids is 2. The Bertz CT molecular complexity index is 212. The molecular weight excluding hydrogens is 264 g/mol. The van der Waals surface area contributed by atoms with Crippen LogP contribution < -0.4 is 5.32 Å². The summed E-state index contributed by atoms with van der Waals surface area (Å²) in [4.78, 5) is 17.8. The summed E-state index contributed by atoms with van der Waals surface area (Å²) in [7, 11) is 3.75. The molecule has 0 radical (unpaired) electrons. The van der Waals surface area contributed by atoms with E-state index >= 15 is 0 Å². The first-order valence-electron chi connectivity index (χ1n) is 3.49. The maximum absolute atomic E-state index is 10.6. The number of nitrogens with one attached hydrogen (secondary N) is 1. The van der Waals surface area contributed by atoms with Crippen molar-refractivity contribution in [1.29, 1.82) is 0 Å². The van der Waals surface area contributed by atoms with Crippen molar-refractivity contribution in [2.75, 3.05) is 14.1 Å². The van der Waals surface area contributed by atoms with Gasteiger partial charge in [0.2, 0.25) is 0 Å². The number of aliphatic carboxylic acids is 2. The normalized spacial score (nSPS) is 10.4. The summed E-state index contributed by atoms with van der Waals surface area (Å²) in [6, 6.07) is 0. The van der Waals surface area contributed by atoms with Crippen molar-refractivity contribution in [1.82, 2.24) is 5.32 Å². The van der Waals surface area contributed by atoms with Gasteiger partial charge in [0.05, 0.1) is 0 Å². The summed E-state index contributed by atoms with van der Waals surface area (Å²) in [5.74, 6) is -5.51. The molecule has 104 valence electrons. The lowest BCUT2D eigenvalue weighted by Gasteiger charge is -1.93. The predicted octanol–water partition coefficient (Wildman–Crippen LogP) is 1.10. The van der Waals surface area contributed by atoms with E-state index in [1.54, 1.807) is 0 Å². The molecule has 0 spiro atoms. The second-order valence-corrected chi connectivity index (χ2v) is 2.11. The van der Waals surface area contributed by atoms with Crippen LogP contribution in [0.4, 0.5) is 26.3 Å². The van der Waals surface area contributed by atoms with Crippen molar-refractivity contribution in [3.05, 3.63) is 0 Å². The minimum absolute atomic E-state index is 1.88. The van der Waals surface area contributed by atoms with Gasteiger partial charge in [-0.15, -0.1) is 0 Å². The Hall–Kier alpha value is -1.52. The van der Waals surface area contributed by atoms with Gasteiger partial charge in [0.25, 0.3) is 0 Å². The molecule has 0 heterocycles. The number of hydrogen-bond donors (Lipinski definition) is 3. The molecule has 0 aromatic carbocycles. The fraction of sp³-hybridized carbons (Fsp3) is 0.667. The summed E-state index contributed by atoms with van der Waals surface area (Å²) < 4.78 is 63.5. The quantitative estimate of drug-likeness (QED) is 0.575. The number of rotatable bonds is 0. The van der Waals surface area contributed by atoms with Crippen molar-refractivity contribution in [3.8, 4) is 0 Å². The first kappa shape index (κ1) is 20.8. The maximum Gasteiger partial charge on any atom is 0.490 e. The highest BCUT2D eigenvalue weighted by molar-refractivity contribution is 5.73. The number of carboxylic acid groups (broad SMARTS) is 2. The molecule has 0 saturated heterocycles. The molecule has 0 aliphatic rings. The largest absolute Gasteiger partial charge is 0.490 e. The molecule has 17 heavy (non-hydrogen) atoms. The monoisotopic (exact) mass is 273 g/mol. The first-order valence-corrected chi connectivity index (χ1v) is 3.49. The SMILES string of the molecule is CNC.O=C(O)C(F)(F)F.O=C(O)C(F)(F)F. The van der Waals surface area contributed by atoms with Gasteiger partial charge in [0.15, 0.2) is 0 Å². The maximum atomic E-state index is 10.6. The highest BCUT2D eigenvalue weighted by atomic mass is 19.4. The van der Waals surface area contributed by atoms with Crippen molar-refractivity contribution in [3.63, 3.8) is 0 Å². The zero-order valence-electron chi connectivity index (χ0n) is 8.48. The van der Waals surface area contributed by atoms with E-state index in [-0.39, 0.29) is 0 Å². The summed E-state index contributed by atoms with van der Waals surface area (Å²) in [5, 5.41) is 17.0. The Morgan fingerprint density at radius 3 is 0.882 bits per heavy atom. The van der Waals surface area contributed by atoms with E-state index in [9.17, 15) is 26.3 Å². The van der Waals surface area contributed by atoms with E-state index in [0.29, 0.717) is 0 Å². The third-order valence-corrected chi connectivity index (χ3v) is 0.485. The zero-order chi connectivity index (χ0) is 14.9.